The third kappa shape index (κ3) is 5.39. The van der Waals surface area contributed by atoms with E-state index in [2.05, 4.69) is 24.3 Å². The smallest absolute Gasteiger partial charge is 0.497 e. The Kier molecular flexibility index (Phi) is 8.53. The van der Waals surface area contributed by atoms with Gasteiger partial charge in [0.2, 0.25) is 0 Å². The normalized spacial score (nSPS) is 15.1. The molecule has 0 bridgehead atoms. The standard InChI is InChI=1S/C46H37BF2N2O3/c1-52-32-20-24-34-30(26-32)18-22-37-40(28-12-6-4-7-13-28)44(50-43(34)37)42(36-16-10-11-17-39(36)54-3)46-41(29-14-8-5-9-15-29)38-23-19-31-27-33(53-2)21-25-35(31)45(38)51(46)47(48)49/h4-17,20-21,24-27H,18-19,22-23H2,1-3H3/b44-42-. The van der Waals surface area contributed by atoms with Crippen LogP contribution in [0.5, 0.6) is 17.2 Å². The minimum Gasteiger partial charge on any atom is -0.497 e. The number of fused-ring (bicyclic) bond motifs is 6. The minimum atomic E-state index is -2.87. The quantitative estimate of drug-likeness (QED) is 0.148. The number of ether oxygens (including phenoxy) is 3. The van der Waals surface area contributed by atoms with Crippen LogP contribution in [0.2, 0.25) is 0 Å². The van der Waals surface area contributed by atoms with Gasteiger partial charge < -0.3 is 18.7 Å². The second-order valence-electron chi connectivity index (χ2n) is 13.7. The number of rotatable bonds is 8. The maximum atomic E-state index is 16.3. The lowest BCUT2D eigenvalue weighted by molar-refractivity contribution is 0.413. The molecule has 0 amide bonds. The zero-order valence-electron chi connectivity index (χ0n) is 30.3. The highest BCUT2D eigenvalue weighted by Crippen LogP contribution is 2.52. The fourth-order valence-electron chi connectivity index (χ4n) is 8.60. The summed E-state index contributed by atoms with van der Waals surface area (Å²) in [6.45, 7) is 0. The summed E-state index contributed by atoms with van der Waals surface area (Å²) in [5.74, 6) is 2.06. The van der Waals surface area contributed by atoms with Crippen LogP contribution in [0.3, 0.4) is 0 Å². The molecule has 0 radical (unpaired) electrons. The first kappa shape index (κ1) is 33.7. The lowest BCUT2D eigenvalue weighted by Gasteiger charge is -2.22. The highest BCUT2D eigenvalue weighted by atomic mass is 19.2. The summed E-state index contributed by atoms with van der Waals surface area (Å²) in [6, 6.07) is 39.7. The Morgan fingerprint density at radius 2 is 1.26 bits per heavy atom. The maximum Gasteiger partial charge on any atom is 0.678 e. The van der Waals surface area contributed by atoms with Crippen LogP contribution < -0.4 is 14.2 Å². The van der Waals surface area contributed by atoms with E-state index in [0.29, 0.717) is 52.6 Å². The van der Waals surface area contributed by atoms with Crippen molar-refractivity contribution >= 4 is 24.3 Å². The fraction of sp³-hybridized carbons (Fsp3) is 0.152. The molecule has 0 unspecified atom stereocenters. The molecule has 2 aliphatic carbocycles. The van der Waals surface area contributed by atoms with Crippen LogP contribution in [0.15, 0.2) is 138 Å². The van der Waals surface area contributed by atoms with Crippen molar-refractivity contribution in [2.45, 2.75) is 25.7 Å². The van der Waals surface area contributed by atoms with E-state index in [1.54, 1.807) is 21.3 Å². The number of allylic oxidation sites excluding steroid dienone is 2. The van der Waals surface area contributed by atoms with Gasteiger partial charge in [0, 0.05) is 39.1 Å². The van der Waals surface area contributed by atoms with Crippen LogP contribution in [0, 0.1) is 0 Å². The number of hydrogen-bond acceptors (Lipinski definition) is 4. The summed E-state index contributed by atoms with van der Waals surface area (Å²) in [5, 5.41) is 0. The van der Waals surface area contributed by atoms with E-state index in [4.69, 9.17) is 19.2 Å². The first-order chi connectivity index (χ1) is 26.5. The van der Waals surface area contributed by atoms with E-state index in [-0.39, 0.29) is 0 Å². The average molecular weight is 715 g/mol. The van der Waals surface area contributed by atoms with Crippen molar-refractivity contribution in [2.75, 3.05) is 21.3 Å². The number of benzene rings is 5. The SMILES string of the molecule is COc1ccc2c(c1)CCC1=C(c3ccccc3)/C(=C(\c3ccccc3OC)c3c(-c4ccccc4)c4c(n3B(F)F)-c3ccc(OC)cc3CC4)N=C12. The van der Waals surface area contributed by atoms with E-state index in [0.717, 1.165) is 80.0 Å². The Hall–Kier alpha value is -6.15. The maximum absolute atomic E-state index is 16.3. The first-order valence-corrected chi connectivity index (χ1v) is 18.2. The van der Waals surface area contributed by atoms with Crippen LogP contribution in [0.4, 0.5) is 8.63 Å². The average Bonchev–Trinajstić information content (AvgIpc) is 3.78. The van der Waals surface area contributed by atoms with Gasteiger partial charge in [-0.1, -0.05) is 78.9 Å². The van der Waals surface area contributed by atoms with Gasteiger partial charge in [-0.2, -0.15) is 0 Å². The predicted octanol–water partition coefficient (Wildman–Crippen LogP) is 10.4. The largest absolute Gasteiger partial charge is 0.678 e. The summed E-state index contributed by atoms with van der Waals surface area (Å²) in [6.07, 6.45) is 2.80. The number of nitrogens with zero attached hydrogens (tertiary/aromatic N) is 2. The van der Waals surface area contributed by atoms with Crippen LogP contribution >= 0.6 is 0 Å². The van der Waals surface area contributed by atoms with Crippen molar-refractivity contribution in [1.29, 1.82) is 0 Å². The molecule has 6 aromatic rings. The van der Waals surface area contributed by atoms with E-state index in [9.17, 15) is 0 Å². The Morgan fingerprint density at radius 3 is 1.93 bits per heavy atom. The van der Waals surface area contributed by atoms with Crippen LogP contribution in [0.25, 0.3) is 33.5 Å². The van der Waals surface area contributed by atoms with E-state index >= 15 is 8.63 Å². The van der Waals surface area contributed by atoms with Crippen LogP contribution in [0.1, 0.15) is 45.5 Å². The molecule has 1 aromatic heterocycles. The molecule has 0 saturated heterocycles. The zero-order valence-corrected chi connectivity index (χ0v) is 30.3. The molecule has 8 heteroatoms. The molecule has 9 rings (SSSR count). The van der Waals surface area contributed by atoms with Gasteiger partial charge in [0.15, 0.2) is 0 Å². The summed E-state index contributed by atoms with van der Waals surface area (Å²) in [5.41, 5.74) is 13.2. The van der Waals surface area contributed by atoms with E-state index in [1.165, 1.54) is 4.48 Å². The van der Waals surface area contributed by atoms with Gasteiger partial charge >= 0.3 is 7.40 Å². The van der Waals surface area contributed by atoms with Gasteiger partial charge in [-0.15, -0.1) is 0 Å². The molecule has 5 nitrogen and oxygen atoms in total. The minimum absolute atomic E-state index is 0.413. The highest BCUT2D eigenvalue weighted by Gasteiger charge is 2.40. The molecule has 0 saturated carbocycles. The number of hydrogen-bond donors (Lipinski definition) is 0. The lowest BCUT2D eigenvalue weighted by atomic mass is 9.82. The van der Waals surface area contributed by atoms with E-state index in [1.807, 2.05) is 97.1 Å². The van der Waals surface area contributed by atoms with Crippen molar-refractivity contribution in [3.05, 3.63) is 172 Å². The first-order valence-electron chi connectivity index (χ1n) is 18.2. The molecular formula is C46H37BF2N2O3. The highest BCUT2D eigenvalue weighted by molar-refractivity contribution is 6.43. The summed E-state index contributed by atoms with van der Waals surface area (Å²) in [4.78, 5) is 5.55. The van der Waals surface area contributed by atoms with Gasteiger partial charge in [0.05, 0.1) is 38.4 Å². The number of para-hydroxylation sites is 1. The molecule has 0 N–H and O–H groups in total. The van der Waals surface area contributed by atoms with Gasteiger partial charge in [0.1, 0.15) is 17.2 Å². The van der Waals surface area contributed by atoms with Crippen molar-refractivity contribution < 1.29 is 22.8 Å². The van der Waals surface area contributed by atoms with Gasteiger partial charge in [-0.25, -0.2) is 4.99 Å². The molecule has 3 aliphatic rings. The summed E-state index contributed by atoms with van der Waals surface area (Å²) >= 11 is 0. The molecule has 0 fully saturated rings. The summed E-state index contributed by atoms with van der Waals surface area (Å²) in [7, 11) is 2.06. The van der Waals surface area contributed by atoms with Crippen LogP contribution in [-0.2, 0) is 19.3 Å². The molecule has 0 spiro atoms. The van der Waals surface area contributed by atoms with Gasteiger partial charge in [0.25, 0.3) is 0 Å². The number of aliphatic imine (C=N–C) groups is 1. The second kappa shape index (κ2) is 13.7. The topological polar surface area (TPSA) is 45.0 Å². The van der Waals surface area contributed by atoms with Crippen molar-refractivity contribution in [2.24, 2.45) is 4.99 Å². The number of halogens is 2. The Labute approximate surface area is 314 Å². The fourth-order valence-corrected chi connectivity index (χ4v) is 8.60. The molecule has 2 heterocycles. The van der Waals surface area contributed by atoms with Crippen molar-refractivity contribution in [3.8, 4) is 39.6 Å². The second-order valence-corrected chi connectivity index (χ2v) is 13.7. The molecule has 266 valence electrons. The monoisotopic (exact) mass is 714 g/mol. The predicted molar refractivity (Wildman–Crippen MR) is 213 cm³/mol. The molecular weight excluding hydrogens is 677 g/mol. The van der Waals surface area contributed by atoms with Crippen molar-refractivity contribution in [3.63, 3.8) is 0 Å². The molecule has 5 aromatic carbocycles. The third-order valence-electron chi connectivity index (χ3n) is 10.9. The lowest BCUT2D eigenvalue weighted by Crippen LogP contribution is -2.19. The Morgan fingerprint density at radius 1 is 0.648 bits per heavy atom. The number of aromatic nitrogens is 1. The summed E-state index contributed by atoms with van der Waals surface area (Å²) < 4.78 is 51.2. The third-order valence-corrected chi connectivity index (χ3v) is 10.9. The molecule has 0 atom stereocenters. The molecule has 1 aliphatic heterocycles. The van der Waals surface area contributed by atoms with E-state index < -0.39 is 7.40 Å². The molecule has 54 heavy (non-hydrogen) atoms. The number of aryl methyl sites for hydroxylation is 2. The Balaban J connectivity index is 1.47. The zero-order chi connectivity index (χ0) is 36.9. The van der Waals surface area contributed by atoms with Gasteiger partial charge in [-0.05, 0) is 102 Å². The number of methoxy groups -OCH3 is 3. The Bertz CT molecular complexity index is 2540. The van der Waals surface area contributed by atoms with Gasteiger partial charge in [-0.3, -0.25) is 8.63 Å². The van der Waals surface area contributed by atoms with Crippen molar-refractivity contribution in [1.82, 2.24) is 4.48 Å². The van der Waals surface area contributed by atoms with Crippen LogP contribution in [-0.4, -0.2) is 38.9 Å².